The lowest BCUT2D eigenvalue weighted by atomic mass is 10.0. The van der Waals surface area contributed by atoms with Crippen molar-refractivity contribution in [3.8, 4) is 0 Å². The van der Waals surface area contributed by atoms with Gasteiger partial charge in [0.1, 0.15) is 6.29 Å². The van der Waals surface area contributed by atoms with Gasteiger partial charge in [-0.15, -0.1) is 0 Å². The molecule has 0 aliphatic carbocycles. The van der Waals surface area contributed by atoms with Gasteiger partial charge in [0, 0.05) is 24.2 Å². The topological polar surface area (TPSA) is 29.1 Å². The van der Waals surface area contributed by atoms with Gasteiger partial charge in [0.05, 0.1) is 0 Å². The number of aldehydes is 1. The van der Waals surface area contributed by atoms with E-state index in [-0.39, 0.29) is 6.42 Å². The molecule has 1 N–H and O–H groups in total. The molecular weight excluding hydrogens is 425 g/mol. The van der Waals surface area contributed by atoms with Gasteiger partial charge < -0.3 is 5.32 Å². The minimum absolute atomic E-state index is 0.0724. The van der Waals surface area contributed by atoms with E-state index < -0.39 is 18.5 Å². The summed E-state index contributed by atoms with van der Waals surface area (Å²) in [5, 5.41) is 3.36. The van der Waals surface area contributed by atoms with Crippen LogP contribution in [0.1, 0.15) is 107 Å². The Kier molecular flexibility index (Phi) is 14.2. The summed E-state index contributed by atoms with van der Waals surface area (Å²) in [5.74, 6) is -4.55. The molecule has 0 radical (unpaired) electrons. The van der Waals surface area contributed by atoms with Crippen LogP contribution in [-0.4, -0.2) is 24.9 Å². The van der Waals surface area contributed by atoms with Crippen LogP contribution in [0.25, 0.3) is 0 Å². The van der Waals surface area contributed by atoms with Gasteiger partial charge in [-0.05, 0) is 37.1 Å². The van der Waals surface area contributed by atoms with Gasteiger partial charge in [0.15, 0.2) is 0 Å². The molecule has 0 amide bonds. The van der Waals surface area contributed by atoms with Crippen LogP contribution in [0.3, 0.4) is 0 Å². The van der Waals surface area contributed by atoms with E-state index in [9.17, 15) is 26.7 Å². The average Bonchev–Trinajstić information content (AvgIpc) is 2.75. The van der Waals surface area contributed by atoms with Gasteiger partial charge in [0.2, 0.25) is 0 Å². The molecule has 0 bridgehead atoms. The summed E-state index contributed by atoms with van der Waals surface area (Å²) >= 11 is 0. The Morgan fingerprint density at radius 2 is 1.03 bits per heavy atom. The molecule has 1 rings (SSSR count). The number of unbranched alkanes of at least 4 members (excludes halogenated alkanes) is 13. The van der Waals surface area contributed by atoms with Gasteiger partial charge >= 0.3 is 12.1 Å². The Labute approximate surface area is 189 Å². The number of anilines is 1. The standard InChI is InChI=1S/C25H38F5NO/c26-24(27,25(28,29)30)19-13-11-9-7-5-3-1-2-4-6-8-10-12-14-20-31-23-17-15-22(21-32)16-18-23/h15-18,21,31H,1-14,19-20H2. The summed E-state index contributed by atoms with van der Waals surface area (Å²) < 4.78 is 61.7. The van der Waals surface area contributed by atoms with Crippen LogP contribution < -0.4 is 5.32 Å². The molecule has 32 heavy (non-hydrogen) atoms. The SMILES string of the molecule is O=Cc1ccc(NCCCCCCCCCCCCCCCCC(F)(F)C(F)(F)F)cc1. The van der Waals surface area contributed by atoms with E-state index in [4.69, 9.17) is 0 Å². The van der Waals surface area contributed by atoms with Gasteiger partial charge in [0.25, 0.3) is 0 Å². The molecule has 0 aliphatic rings. The number of rotatable bonds is 19. The van der Waals surface area contributed by atoms with Crippen molar-refractivity contribution in [3.63, 3.8) is 0 Å². The zero-order valence-electron chi connectivity index (χ0n) is 19.0. The van der Waals surface area contributed by atoms with E-state index >= 15 is 0 Å². The third-order valence-corrected chi connectivity index (χ3v) is 5.71. The van der Waals surface area contributed by atoms with Crippen LogP contribution in [0, 0.1) is 0 Å². The molecule has 0 aliphatic heterocycles. The van der Waals surface area contributed by atoms with Crippen molar-refractivity contribution in [3.05, 3.63) is 29.8 Å². The van der Waals surface area contributed by atoms with E-state index in [1.807, 2.05) is 24.3 Å². The smallest absolute Gasteiger partial charge is 0.385 e. The Hall–Kier alpha value is -1.66. The maximum absolute atomic E-state index is 12.8. The molecule has 0 heterocycles. The molecule has 0 spiro atoms. The highest BCUT2D eigenvalue weighted by atomic mass is 19.4. The summed E-state index contributed by atoms with van der Waals surface area (Å²) in [6, 6.07) is 7.46. The lowest BCUT2D eigenvalue weighted by Gasteiger charge is -2.19. The lowest BCUT2D eigenvalue weighted by molar-refractivity contribution is -0.284. The molecule has 7 heteroatoms. The number of carbonyl (C=O) groups excluding carboxylic acids is 1. The molecule has 1 aromatic rings. The largest absolute Gasteiger partial charge is 0.453 e. The van der Waals surface area contributed by atoms with Crippen LogP contribution in [0.15, 0.2) is 24.3 Å². The first-order valence-corrected chi connectivity index (χ1v) is 12.0. The third kappa shape index (κ3) is 13.0. The molecule has 0 saturated carbocycles. The van der Waals surface area contributed by atoms with Gasteiger partial charge in [-0.3, -0.25) is 4.79 Å². The Morgan fingerprint density at radius 3 is 1.44 bits per heavy atom. The molecule has 0 atom stereocenters. The minimum Gasteiger partial charge on any atom is -0.385 e. The van der Waals surface area contributed by atoms with Crippen molar-refractivity contribution >= 4 is 12.0 Å². The van der Waals surface area contributed by atoms with Gasteiger partial charge in [-0.1, -0.05) is 77.0 Å². The lowest BCUT2D eigenvalue weighted by Crippen LogP contribution is -2.36. The Morgan fingerprint density at radius 1 is 0.625 bits per heavy atom. The Balaban J connectivity index is 1.80. The summed E-state index contributed by atoms with van der Waals surface area (Å²) in [4.78, 5) is 10.6. The second kappa shape index (κ2) is 16.0. The van der Waals surface area contributed by atoms with Crippen LogP contribution >= 0.6 is 0 Å². The number of benzene rings is 1. The van der Waals surface area contributed by atoms with E-state index in [0.29, 0.717) is 12.0 Å². The summed E-state index contributed by atoms with van der Waals surface area (Å²) in [7, 11) is 0. The van der Waals surface area contributed by atoms with Crippen LogP contribution in [0.4, 0.5) is 27.6 Å². The second-order valence-electron chi connectivity index (χ2n) is 8.57. The zero-order chi connectivity index (χ0) is 23.7. The number of alkyl halides is 5. The van der Waals surface area contributed by atoms with Crippen molar-refractivity contribution in [2.24, 2.45) is 0 Å². The highest BCUT2D eigenvalue weighted by Crippen LogP contribution is 2.39. The molecule has 0 fully saturated rings. The first kappa shape index (κ1) is 28.4. The predicted octanol–water partition coefficient (Wildman–Crippen LogP) is 8.96. The summed E-state index contributed by atoms with van der Waals surface area (Å²) in [6.07, 6.45) is 8.13. The summed E-state index contributed by atoms with van der Waals surface area (Å²) in [6.45, 7) is 0.936. The molecule has 0 aromatic heterocycles. The maximum atomic E-state index is 12.8. The molecule has 184 valence electrons. The van der Waals surface area contributed by atoms with Crippen LogP contribution in [0.2, 0.25) is 0 Å². The highest BCUT2D eigenvalue weighted by molar-refractivity contribution is 5.75. The minimum atomic E-state index is -5.42. The highest BCUT2D eigenvalue weighted by Gasteiger charge is 2.56. The van der Waals surface area contributed by atoms with E-state index in [2.05, 4.69) is 5.32 Å². The fourth-order valence-corrected chi connectivity index (χ4v) is 3.65. The molecular formula is C25H38F5NO. The fourth-order valence-electron chi connectivity index (χ4n) is 3.65. The third-order valence-electron chi connectivity index (χ3n) is 5.71. The van der Waals surface area contributed by atoms with Gasteiger partial charge in [-0.2, -0.15) is 22.0 Å². The molecule has 2 nitrogen and oxygen atoms in total. The van der Waals surface area contributed by atoms with Crippen molar-refractivity contribution in [2.75, 3.05) is 11.9 Å². The molecule has 0 saturated heterocycles. The van der Waals surface area contributed by atoms with Crippen molar-refractivity contribution in [1.82, 2.24) is 0 Å². The second-order valence-corrected chi connectivity index (χ2v) is 8.57. The Bertz CT molecular complexity index is 601. The quantitative estimate of drug-likeness (QED) is 0.126. The van der Waals surface area contributed by atoms with Crippen molar-refractivity contribution in [2.45, 2.75) is 108 Å². The number of carbonyl (C=O) groups is 1. The normalized spacial score (nSPS) is 12.2. The summed E-state index contributed by atoms with van der Waals surface area (Å²) in [5.41, 5.74) is 1.72. The van der Waals surface area contributed by atoms with Crippen molar-refractivity contribution in [1.29, 1.82) is 0 Å². The van der Waals surface area contributed by atoms with Crippen LogP contribution in [-0.2, 0) is 0 Å². The number of hydrogen-bond donors (Lipinski definition) is 1. The number of halogens is 5. The van der Waals surface area contributed by atoms with E-state index in [1.54, 1.807) is 0 Å². The molecule has 0 unspecified atom stereocenters. The monoisotopic (exact) mass is 463 g/mol. The van der Waals surface area contributed by atoms with Crippen LogP contribution in [0.5, 0.6) is 0 Å². The fraction of sp³-hybridized carbons (Fsp3) is 0.720. The van der Waals surface area contributed by atoms with E-state index in [0.717, 1.165) is 50.6 Å². The molecule has 1 aromatic carbocycles. The average molecular weight is 464 g/mol. The zero-order valence-corrected chi connectivity index (χ0v) is 19.0. The van der Waals surface area contributed by atoms with Gasteiger partial charge in [-0.25, -0.2) is 0 Å². The van der Waals surface area contributed by atoms with E-state index in [1.165, 1.54) is 44.9 Å². The van der Waals surface area contributed by atoms with Crippen molar-refractivity contribution < 1.29 is 26.7 Å². The predicted molar refractivity (Wildman–Crippen MR) is 121 cm³/mol. The first-order valence-electron chi connectivity index (χ1n) is 12.0. The number of nitrogens with one attached hydrogen (secondary N) is 1. The first-order chi connectivity index (χ1) is 15.3. The maximum Gasteiger partial charge on any atom is 0.453 e. The number of hydrogen-bond acceptors (Lipinski definition) is 2.